The molecule has 4 nitrogen and oxygen atoms in total. The van der Waals surface area contributed by atoms with Gasteiger partial charge in [-0.3, -0.25) is 4.90 Å². The van der Waals surface area contributed by atoms with Crippen LogP contribution >= 0.6 is 11.6 Å². The van der Waals surface area contributed by atoms with Crippen LogP contribution in [-0.2, 0) is 4.74 Å². The summed E-state index contributed by atoms with van der Waals surface area (Å²) >= 11 is 6.11. The van der Waals surface area contributed by atoms with E-state index in [9.17, 15) is 5.11 Å². The van der Waals surface area contributed by atoms with Crippen LogP contribution < -0.4 is 0 Å². The predicted molar refractivity (Wildman–Crippen MR) is 70.8 cm³/mol. The second kappa shape index (κ2) is 5.10. The van der Waals surface area contributed by atoms with Gasteiger partial charge in [0, 0.05) is 29.6 Å². The van der Waals surface area contributed by atoms with E-state index in [4.69, 9.17) is 21.6 Å². The van der Waals surface area contributed by atoms with Crippen molar-refractivity contribution in [3.63, 3.8) is 0 Å². The second-order valence-electron chi connectivity index (χ2n) is 5.20. The van der Waals surface area contributed by atoms with E-state index in [2.05, 4.69) is 11.0 Å². The van der Waals surface area contributed by atoms with Crippen LogP contribution in [0.1, 0.15) is 17.2 Å². The van der Waals surface area contributed by atoms with Crippen molar-refractivity contribution in [1.82, 2.24) is 4.90 Å². The van der Waals surface area contributed by atoms with E-state index in [1.54, 1.807) is 18.2 Å². The number of hydrogen-bond donors (Lipinski definition) is 1. The van der Waals surface area contributed by atoms with E-state index in [-0.39, 0.29) is 5.92 Å². The Morgan fingerprint density at radius 2 is 2.16 bits per heavy atom. The van der Waals surface area contributed by atoms with Crippen molar-refractivity contribution >= 4 is 11.6 Å². The smallest absolute Gasteiger partial charge is 0.0991 e. The molecule has 100 valence electrons. The highest BCUT2D eigenvalue weighted by molar-refractivity contribution is 6.31. The van der Waals surface area contributed by atoms with Crippen molar-refractivity contribution in [3.8, 4) is 6.07 Å². The molecule has 0 saturated carbocycles. The molecule has 1 aromatic rings. The fraction of sp³-hybridized carbons (Fsp3) is 0.500. The van der Waals surface area contributed by atoms with E-state index < -0.39 is 6.10 Å². The molecule has 2 aliphatic rings. The van der Waals surface area contributed by atoms with Gasteiger partial charge in [-0.15, -0.1) is 0 Å². The lowest BCUT2D eigenvalue weighted by atomic mass is 9.87. The monoisotopic (exact) mass is 278 g/mol. The molecule has 2 aliphatic heterocycles. The number of ether oxygens (including phenoxy) is 1. The fourth-order valence-corrected chi connectivity index (χ4v) is 2.80. The molecule has 0 amide bonds. The maximum atomic E-state index is 10.4. The molecule has 0 radical (unpaired) electrons. The van der Waals surface area contributed by atoms with Crippen molar-refractivity contribution in [2.45, 2.75) is 12.1 Å². The summed E-state index contributed by atoms with van der Waals surface area (Å²) in [6.07, 6.45) is -0.599. The summed E-state index contributed by atoms with van der Waals surface area (Å²) in [4.78, 5) is 2.32. The van der Waals surface area contributed by atoms with Crippen LogP contribution in [0.25, 0.3) is 0 Å². The zero-order valence-corrected chi connectivity index (χ0v) is 11.2. The first kappa shape index (κ1) is 12.9. The highest BCUT2D eigenvalue weighted by atomic mass is 35.5. The third-order valence-electron chi connectivity index (χ3n) is 3.97. The first-order valence-electron chi connectivity index (χ1n) is 6.38. The second-order valence-corrected chi connectivity index (χ2v) is 5.61. The molecule has 0 spiro atoms. The minimum atomic E-state index is -0.599. The maximum absolute atomic E-state index is 10.4. The van der Waals surface area contributed by atoms with Gasteiger partial charge in [0.25, 0.3) is 0 Å². The number of benzene rings is 1. The minimum Gasteiger partial charge on any atom is -0.388 e. The van der Waals surface area contributed by atoms with E-state index in [0.29, 0.717) is 22.2 Å². The van der Waals surface area contributed by atoms with Crippen molar-refractivity contribution in [2.24, 2.45) is 5.92 Å². The lowest BCUT2D eigenvalue weighted by Gasteiger charge is -2.48. The summed E-state index contributed by atoms with van der Waals surface area (Å²) in [6, 6.07) is 7.61. The van der Waals surface area contributed by atoms with Crippen molar-refractivity contribution < 1.29 is 9.84 Å². The first-order chi connectivity index (χ1) is 9.19. The Labute approximate surface area is 117 Å². The lowest BCUT2D eigenvalue weighted by Crippen LogP contribution is -2.60. The number of nitrogens with zero attached hydrogens (tertiary/aromatic N) is 2. The Morgan fingerprint density at radius 3 is 2.74 bits per heavy atom. The Morgan fingerprint density at radius 1 is 1.42 bits per heavy atom. The number of halogens is 1. The molecule has 19 heavy (non-hydrogen) atoms. The molecule has 3 rings (SSSR count). The first-order valence-corrected chi connectivity index (χ1v) is 6.76. The molecule has 2 heterocycles. The van der Waals surface area contributed by atoms with Gasteiger partial charge >= 0.3 is 0 Å². The number of aliphatic hydroxyl groups excluding tert-OH is 1. The van der Waals surface area contributed by atoms with Gasteiger partial charge in [0.1, 0.15) is 0 Å². The van der Waals surface area contributed by atoms with Crippen LogP contribution in [0.2, 0.25) is 5.02 Å². The Bertz CT molecular complexity index is 519. The van der Waals surface area contributed by atoms with Crippen molar-refractivity contribution in [2.75, 3.05) is 26.3 Å². The van der Waals surface area contributed by atoms with Crippen LogP contribution in [0.5, 0.6) is 0 Å². The SMILES string of the molecule is N#Cc1ccc(Cl)c(C(O)C2CN(C3COC3)C2)c1. The largest absolute Gasteiger partial charge is 0.388 e. The fourth-order valence-electron chi connectivity index (χ4n) is 2.57. The summed E-state index contributed by atoms with van der Waals surface area (Å²) in [5.41, 5.74) is 1.19. The number of hydrogen-bond acceptors (Lipinski definition) is 4. The molecule has 0 aromatic heterocycles. The van der Waals surface area contributed by atoms with Crippen LogP contribution in [0.15, 0.2) is 18.2 Å². The quantitative estimate of drug-likeness (QED) is 0.912. The molecule has 1 atom stereocenters. The molecule has 2 fully saturated rings. The maximum Gasteiger partial charge on any atom is 0.0991 e. The zero-order chi connectivity index (χ0) is 13.4. The molecular weight excluding hydrogens is 264 g/mol. The summed E-state index contributed by atoms with van der Waals surface area (Å²) < 4.78 is 5.16. The van der Waals surface area contributed by atoms with Gasteiger partial charge in [-0.25, -0.2) is 0 Å². The molecule has 1 aromatic carbocycles. The van der Waals surface area contributed by atoms with E-state index in [1.165, 1.54) is 0 Å². The van der Waals surface area contributed by atoms with Crippen molar-refractivity contribution in [1.29, 1.82) is 5.26 Å². The average Bonchev–Trinajstić information content (AvgIpc) is 2.30. The van der Waals surface area contributed by atoms with Gasteiger partial charge in [-0.2, -0.15) is 5.26 Å². The molecule has 2 saturated heterocycles. The molecule has 5 heteroatoms. The van der Waals surface area contributed by atoms with Gasteiger partial charge in [0.15, 0.2) is 0 Å². The summed E-state index contributed by atoms with van der Waals surface area (Å²) in [5, 5.41) is 19.8. The van der Waals surface area contributed by atoms with E-state index in [1.807, 2.05) is 0 Å². The van der Waals surface area contributed by atoms with E-state index >= 15 is 0 Å². The Balaban J connectivity index is 1.67. The standard InChI is InChI=1S/C14H15ClN2O2/c15-13-2-1-9(4-16)3-12(13)14(18)10-5-17(6-10)11-7-19-8-11/h1-3,10-11,14,18H,5-8H2. The number of rotatable bonds is 3. The van der Waals surface area contributed by atoms with Crippen LogP contribution in [0, 0.1) is 17.2 Å². The van der Waals surface area contributed by atoms with Crippen LogP contribution in [0.4, 0.5) is 0 Å². The van der Waals surface area contributed by atoms with Gasteiger partial charge in [0.2, 0.25) is 0 Å². The molecule has 1 unspecified atom stereocenters. The lowest BCUT2D eigenvalue weighted by molar-refractivity contribution is -0.120. The molecule has 1 N–H and O–H groups in total. The number of nitriles is 1. The number of likely N-dealkylation sites (tertiary alicyclic amines) is 1. The topological polar surface area (TPSA) is 56.5 Å². The summed E-state index contributed by atoms with van der Waals surface area (Å²) in [6.45, 7) is 3.32. The predicted octanol–water partition coefficient (Wildman–Crippen LogP) is 1.58. The number of aliphatic hydroxyl groups is 1. The van der Waals surface area contributed by atoms with Gasteiger partial charge in [-0.05, 0) is 18.2 Å². The third-order valence-corrected chi connectivity index (χ3v) is 4.31. The van der Waals surface area contributed by atoms with Gasteiger partial charge in [0.05, 0.1) is 37.0 Å². The van der Waals surface area contributed by atoms with Crippen LogP contribution in [-0.4, -0.2) is 42.4 Å². The highest BCUT2D eigenvalue weighted by Crippen LogP contribution is 2.35. The Kier molecular flexibility index (Phi) is 3.46. The molecule has 0 bridgehead atoms. The van der Waals surface area contributed by atoms with E-state index in [0.717, 1.165) is 26.3 Å². The van der Waals surface area contributed by atoms with Crippen LogP contribution in [0.3, 0.4) is 0 Å². The zero-order valence-electron chi connectivity index (χ0n) is 10.4. The Hall–Kier alpha value is -1.12. The van der Waals surface area contributed by atoms with Crippen molar-refractivity contribution in [3.05, 3.63) is 34.3 Å². The molecular formula is C14H15ClN2O2. The summed E-state index contributed by atoms with van der Waals surface area (Å²) in [7, 11) is 0. The van der Waals surface area contributed by atoms with Gasteiger partial charge in [-0.1, -0.05) is 11.6 Å². The highest BCUT2D eigenvalue weighted by Gasteiger charge is 2.39. The van der Waals surface area contributed by atoms with Gasteiger partial charge < -0.3 is 9.84 Å². The minimum absolute atomic E-state index is 0.187. The third kappa shape index (κ3) is 2.35. The normalized spacial score (nSPS) is 22.4. The summed E-state index contributed by atoms with van der Waals surface area (Å²) in [5.74, 6) is 0.187. The average molecular weight is 279 g/mol. The molecule has 0 aliphatic carbocycles.